The molecule has 1 aliphatic rings. The van der Waals surface area contributed by atoms with Crippen LogP contribution in [0.2, 0.25) is 0 Å². The Kier molecular flexibility index (Phi) is 3.04. The van der Waals surface area contributed by atoms with Gasteiger partial charge in [0.25, 0.3) is 0 Å². The van der Waals surface area contributed by atoms with Gasteiger partial charge in [0.15, 0.2) is 5.69 Å². The highest BCUT2D eigenvalue weighted by molar-refractivity contribution is 5.85. The Labute approximate surface area is 88.3 Å². The van der Waals surface area contributed by atoms with E-state index in [0.29, 0.717) is 5.76 Å². The maximum atomic E-state index is 10.6. The molecule has 0 aliphatic heterocycles. The van der Waals surface area contributed by atoms with Crippen LogP contribution in [-0.4, -0.2) is 16.2 Å². The molecule has 1 fully saturated rings. The highest BCUT2D eigenvalue weighted by Gasteiger charge is 2.16. The number of carboxylic acid groups (broad SMARTS) is 1. The van der Waals surface area contributed by atoms with E-state index in [9.17, 15) is 4.79 Å². The number of hydrogen-bond donors (Lipinski definition) is 1. The fraction of sp³-hybridized carbons (Fsp3) is 0.636. The Bertz CT molecular complexity index is 339. The molecule has 1 N–H and O–H groups in total. The predicted octanol–water partition coefficient (Wildman–Crippen LogP) is 2.50. The van der Waals surface area contributed by atoms with Crippen LogP contribution in [-0.2, 0) is 6.42 Å². The first-order valence-corrected chi connectivity index (χ1v) is 5.44. The SMILES string of the molecule is O=C(O)c1cc(CCC2CCCC2)on1. The Morgan fingerprint density at radius 3 is 2.87 bits per heavy atom. The largest absolute Gasteiger partial charge is 0.476 e. The maximum absolute atomic E-state index is 10.6. The van der Waals surface area contributed by atoms with Crippen LogP contribution in [0.4, 0.5) is 0 Å². The average Bonchev–Trinajstić information content (AvgIpc) is 2.86. The van der Waals surface area contributed by atoms with E-state index in [1.54, 1.807) is 0 Å². The summed E-state index contributed by atoms with van der Waals surface area (Å²) in [5.74, 6) is 0.466. The van der Waals surface area contributed by atoms with Gasteiger partial charge >= 0.3 is 5.97 Å². The minimum absolute atomic E-state index is 0.0106. The van der Waals surface area contributed by atoms with Gasteiger partial charge in [-0.2, -0.15) is 0 Å². The van der Waals surface area contributed by atoms with Crippen LogP contribution >= 0.6 is 0 Å². The van der Waals surface area contributed by atoms with E-state index in [1.807, 2.05) is 0 Å². The monoisotopic (exact) mass is 209 g/mol. The van der Waals surface area contributed by atoms with Gasteiger partial charge < -0.3 is 9.63 Å². The van der Waals surface area contributed by atoms with Crippen molar-refractivity contribution in [1.29, 1.82) is 0 Å². The lowest BCUT2D eigenvalue weighted by atomic mass is 10.0. The summed E-state index contributed by atoms with van der Waals surface area (Å²) in [4.78, 5) is 10.6. The third-order valence-corrected chi connectivity index (χ3v) is 3.05. The molecule has 1 aromatic heterocycles. The van der Waals surface area contributed by atoms with E-state index in [1.165, 1.54) is 31.7 Å². The standard InChI is InChI=1S/C11H15NO3/c13-11(14)10-7-9(15-12-10)6-5-8-3-1-2-4-8/h7-8H,1-6H2,(H,13,14). The smallest absolute Gasteiger partial charge is 0.358 e. The molecule has 4 heteroatoms. The van der Waals surface area contributed by atoms with Crippen molar-refractivity contribution in [2.24, 2.45) is 5.92 Å². The summed E-state index contributed by atoms with van der Waals surface area (Å²) in [6.45, 7) is 0. The summed E-state index contributed by atoms with van der Waals surface area (Å²) in [5.41, 5.74) is 0.0106. The number of aromatic carboxylic acids is 1. The third-order valence-electron chi connectivity index (χ3n) is 3.05. The molecular formula is C11H15NO3. The molecule has 0 bridgehead atoms. The van der Waals surface area contributed by atoms with Crippen molar-refractivity contribution in [2.45, 2.75) is 38.5 Å². The van der Waals surface area contributed by atoms with Crippen molar-refractivity contribution in [3.05, 3.63) is 17.5 Å². The zero-order chi connectivity index (χ0) is 10.7. The normalized spacial score (nSPS) is 17.1. The number of hydrogen-bond acceptors (Lipinski definition) is 3. The van der Waals surface area contributed by atoms with Crippen LogP contribution in [0.5, 0.6) is 0 Å². The van der Waals surface area contributed by atoms with E-state index in [2.05, 4.69) is 5.16 Å². The van der Waals surface area contributed by atoms with Gasteiger partial charge in [0, 0.05) is 12.5 Å². The van der Waals surface area contributed by atoms with Crippen molar-refractivity contribution < 1.29 is 14.4 Å². The first kappa shape index (κ1) is 10.2. The molecule has 0 amide bonds. The van der Waals surface area contributed by atoms with E-state index in [0.717, 1.165) is 18.8 Å². The molecule has 1 heterocycles. The lowest BCUT2D eigenvalue weighted by Crippen LogP contribution is -1.96. The van der Waals surface area contributed by atoms with Crippen LogP contribution in [0.15, 0.2) is 10.6 Å². The molecule has 2 rings (SSSR count). The molecule has 82 valence electrons. The second-order valence-electron chi connectivity index (χ2n) is 4.17. The first-order valence-electron chi connectivity index (χ1n) is 5.44. The van der Waals surface area contributed by atoms with Gasteiger partial charge in [0.05, 0.1) is 0 Å². The highest BCUT2D eigenvalue weighted by atomic mass is 16.5. The van der Waals surface area contributed by atoms with Crippen molar-refractivity contribution >= 4 is 5.97 Å². The van der Waals surface area contributed by atoms with Gasteiger partial charge in [-0.15, -0.1) is 0 Å². The number of rotatable bonds is 4. The van der Waals surface area contributed by atoms with Crippen molar-refractivity contribution in [3.8, 4) is 0 Å². The minimum atomic E-state index is -1.02. The minimum Gasteiger partial charge on any atom is -0.476 e. The highest BCUT2D eigenvalue weighted by Crippen LogP contribution is 2.28. The van der Waals surface area contributed by atoms with Crippen LogP contribution in [0.3, 0.4) is 0 Å². The second-order valence-corrected chi connectivity index (χ2v) is 4.17. The molecule has 1 aliphatic carbocycles. The molecule has 15 heavy (non-hydrogen) atoms. The lowest BCUT2D eigenvalue weighted by Gasteiger charge is -2.05. The van der Waals surface area contributed by atoms with E-state index in [4.69, 9.17) is 9.63 Å². The van der Waals surface area contributed by atoms with Gasteiger partial charge in [-0.05, 0) is 12.3 Å². The summed E-state index contributed by atoms with van der Waals surface area (Å²) >= 11 is 0. The van der Waals surface area contributed by atoms with E-state index >= 15 is 0 Å². The van der Waals surface area contributed by atoms with Gasteiger partial charge in [-0.1, -0.05) is 30.8 Å². The first-order chi connectivity index (χ1) is 7.25. The van der Waals surface area contributed by atoms with Gasteiger partial charge in [-0.25, -0.2) is 4.79 Å². The van der Waals surface area contributed by atoms with Gasteiger partial charge in [0.1, 0.15) is 5.76 Å². The zero-order valence-corrected chi connectivity index (χ0v) is 8.61. The summed E-state index contributed by atoms with van der Waals surface area (Å²) in [7, 11) is 0. The quantitative estimate of drug-likeness (QED) is 0.827. The van der Waals surface area contributed by atoms with Crippen LogP contribution < -0.4 is 0 Å². The summed E-state index contributed by atoms with van der Waals surface area (Å²) in [5, 5.41) is 12.1. The summed E-state index contributed by atoms with van der Waals surface area (Å²) < 4.78 is 4.95. The van der Waals surface area contributed by atoms with Crippen molar-refractivity contribution in [2.75, 3.05) is 0 Å². The number of nitrogens with zero attached hydrogens (tertiary/aromatic N) is 1. The number of carbonyl (C=O) groups is 1. The zero-order valence-electron chi connectivity index (χ0n) is 8.61. The second kappa shape index (κ2) is 4.47. The number of aromatic nitrogens is 1. The third kappa shape index (κ3) is 2.58. The molecule has 1 saturated carbocycles. The molecular weight excluding hydrogens is 194 g/mol. The van der Waals surface area contributed by atoms with Gasteiger partial charge in [0.2, 0.25) is 0 Å². The molecule has 0 saturated heterocycles. The topological polar surface area (TPSA) is 63.3 Å². The number of aryl methyl sites for hydroxylation is 1. The van der Waals surface area contributed by atoms with Crippen molar-refractivity contribution in [3.63, 3.8) is 0 Å². The Hall–Kier alpha value is -1.32. The van der Waals surface area contributed by atoms with Crippen LogP contribution in [0, 0.1) is 5.92 Å². The molecule has 0 aromatic carbocycles. The summed E-state index contributed by atoms with van der Waals surface area (Å²) in [6, 6.07) is 1.53. The Morgan fingerprint density at radius 2 is 2.27 bits per heavy atom. The predicted molar refractivity (Wildman–Crippen MR) is 53.7 cm³/mol. The summed E-state index contributed by atoms with van der Waals surface area (Å²) in [6.07, 6.45) is 7.18. The lowest BCUT2D eigenvalue weighted by molar-refractivity contribution is 0.0685. The molecule has 0 spiro atoms. The van der Waals surface area contributed by atoms with Gasteiger partial charge in [-0.3, -0.25) is 0 Å². The van der Waals surface area contributed by atoms with Crippen molar-refractivity contribution in [1.82, 2.24) is 5.16 Å². The molecule has 1 aromatic rings. The fourth-order valence-electron chi connectivity index (χ4n) is 2.18. The molecule has 0 radical (unpaired) electrons. The molecule has 0 unspecified atom stereocenters. The van der Waals surface area contributed by atoms with Crippen LogP contribution in [0.25, 0.3) is 0 Å². The Balaban J connectivity index is 1.84. The average molecular weight is 209 g/mol. The molecule has 4 nitrogen and oxygen atoms in total. The fourth-order valence-corrected chi connectivity index (χ4v) is 2.18. The van der Waals surface area contributed by atoms with Crippen LogP contribution in [0.1, 0.15) is 48.4 Å². The maximum Gasteiger partial charge on any atom is 0.358 e. The Morgan fingerprint density at radius 1 is 1.53 bits per heavy atom. The number of carboxylic acids is 1. The van der Waals surface area contributed by atoms with E-state index < -0.39 is 5.97 Å². The molecule has 0 atom stereocenters. The van der Waals surface area contributed by atoms with E-state index in [-0.39, 0.29) is 5.69 Å².